The zero-order valence-corrected chi connectivity index (χ0v) is 22.7. The Labute approximate surface area is 228 Å². The lowest BCUT2D eigenvalue weighted by atomic mass is 9.89. The lowest BCUT2D eigenvalue weighted by Gasteiger charge is -2.29. The van der Waals surface area contributed by atoms with Gasteiger partial charge in [-0.1, -0.05) is 36.9 Å². The number of amides is 1. The van der Waals surface area contributed by atoms with Gasteiger partial charge in [-0.2, -0.15) is 0 Å². The Morgan fingerprint density at radius 3 is 2.82 bits per heavy atom. The van der Waals surface area contributed by atoms with Gasteiger partial charge >= 0.3 is 0 Å². The number of ketones is 1. The van der Waals surface area contributed by atoms with Crippen LogP contribution in [0.4, 0.5) is 5.69 Å². The molecule has 3 heterocycles. The van der Waals surface area contributed by atoms with Crippen molar-refractivity contribution in [2.75, 3.05) is 23.8 Å². The van der Waals surface area contributed by atoms with Crippen LogP contribution >= 0.6 is 23.1 Å². The number of H-pyrrole nitrogens is 1. The van der Waals surface area contributed by atoms with Gasteiger partial charge in [-0.15, -0.1) is 11.3 Å². The Morgan fingerprint density at radius 2 is 1.97 bits per heavy atom. The molecule has 0 atom stereocenters. The maximum Gasteiger partial charge on any atom is 0.265 e. The van der Waals surface area contributed by atoms with Crippen LogP contribution in [0.25, 0.3) is 21.3 Å². The highest BCUT2D eigenvalue weighted by molar-refractivity contribution is 7.99. The van der Waals surface area contributed by atoms with E-state index in [2.05, 4.69) is 28.2 Å². The zero-order chi connectivity index (χ0) is 26.2. The van der Waals surface area contributed by atoms with E-state index in [4.69, 9.17) is 4.74 Å². The molecule has 0 saturated heterocycles. The van der Waals surface area contributed by atoms with Crippen LogP contribution < -0.4 is 15.2 Å². The summed E-state index contributed by atoms with van der Waals surface area (Å²) >= 11 is 2.65. The summed E-state index contributed by atoms with van der Waals surface area (Å²) in [5.74, 6) is 0.486. The van der Waals surface area contributed by atoms with Crippen molar-refractivity contribution in [1.82, 2.24) is 9.97 Å². The summed E-state index contributed by atoms with van der Waals surface area (Å²) in [6.45, 7) is 2.58. The average Bonchev–Trinajstić information content (AvgIpc) is 3.37. The molecular weight excluding hydrogens is 518 g/mol. The number of thioether (sulfide) groups is 1. The molecule has 0 saturated carbocycles. The molecule has 194 valence electrons. The van der Waals surface area contributed by atoms with Crippen LogP contribution in [0.2, 0.25) is 0 Å². The number of anilines is 1. The van der Waals surface area contributed by atoms with Gasteiger partial charge in [0.25, 0.3) is 11.5 Å². The first-order chi connectivity index (χ1) is 18.5. The van der Waals surface area contributed by atoms with Gasteiger partial charge in [0.05, 0.1) is 16.8 Å². The molecular formula is C29H27N3O4S2. The Kier molecular flexibility index (Phi) is 6.80. The third-order valence-electron chi connectivity index (χ3n) is 7.09. The molecule has 1 aliphatic heterocycles. The Hall–Kier alpha value is -3.43. The van der Waals surface area contributed by atoms with E-state index in [1.54, 1.807) is 23.1 Å². The predicted molar refractivity (Wildman–Crippen MR) is 152 cm³/mol. The molecule has 1 N–H and O–H groups in total. The fourth-order valence-corrected chi connectivity index (χ4v) is 6.93. The minimum Gasteiger partial charge on any atom is -0.482 e. The first kappa shape index (κ1) is 24.9. The monoisotopic (exact) mass is 545 g/mol. The van der Waals surface area contributed by atoms with Crippen LogP contribution in [0.15, 0.2) is 51.7 Å². The fourth-order valence-electron chi connectivity index (χ4n) is 5.17. The summed E-state index contributed by atoms with van der Waals surface area (Å²) in [6, 6.07) is 11.7. The predicted octanol–water partition coefficient (Wildman–Crippen LogP) is 5.64. The number of hydrogen-bond donors (Lipinski definition) is 1. The molecule has 1 aliphatic carbocycles. The van der Waals surface area contributed by atoms with E-state index >= 15 is 0 Å². The number of nitrogens with zero attached hydrogens (tertiary/aromatic N) is 2. The Balaban J connectivity index is 1.21. The van der Waals surface area contributed by atoms with Crippen LogP contribution in [-0.2, 0) is 17.6 Å². The van der Waals surface area contributed by atoms with Crippen molar-refractivity contribution in [3.05, 3.63) is 68.8 Å². The summed E-state index contributed by atoms with van der Waals surface area (Å²) in [4.78, 5) is 48.3. The van der Waals surface area contributed by atoms with Gasteiger partial charge in [-0.25, -0.2) is 4.98 Å². The molecule has 0 bridgehead atoms. The highest BCUT2D eigenvalue weighted by atomic mass is 32.2. The molecule has 0 radical (unpaired) electrons. The van der Waals surface area contributed by atoms with Crippen LogP contribution in [0, 0.1) is 0 Å². The van der Waals surface area contributed by atoms with E-state index in [-0.39, 0.29) is 29.6 Å². The van der Waals surface area contributed by atoms with Crippen molar-refractivity contribution >= 4 is 50.7 Å². The first-order valence-corrected chi connectivity index (χ1v) is 14.7. The van der Waals surface area contributed by atoms with Crippen molar-refractivity contribution in [1.29, 1.82) is 0 Å². The molecule has 9 heteroatoms. The molecule has 0 unspecified atom stereocenters. The SMILES string of the molecule is CCCN1C(=O)COc2ccc(C(=O)CSc3nc4scc(-c5ccc6c(c5)CCCC6)c4c(=O)[nH]3)cc21. The van der Waals surface area contributed by atoms with Crippen LogP contribution in [-0.4, -0.2) is 40.6 Å². The van der Waals surface area contributed by atoms with Crippen molar-refractivity contribution in [2.45, 2.75) is 44.2 Å². The average molecular weight is 546 g/mol. The number of benzene rings is 2. The first-order valence-electron chi connectivity index (χ1n) is 12.9. The number of aromatic nitrogens is 2. The number of carbonyl (C=O) groups excluding carboxylic acids is 2. The highest BCUT2D eigenvalue weighted by Crippen LogP contribution is 2.35. The fraction of sp³-hybridized carbons (Fsp3) is 0.310. The number of aromatic amines is 1. The zero-order valence-electron chi connectivity index (χ0n) is 21.0. The third kappa shape index (κ3) is 4.65. The van der Waals surface area contributed by atoms with E-state index in [1.165, 1.54) is 47.1 Å². The van der Waals surface area contributed by atoms with Gasteiger partial charge in [0.2, 0.25) is 0 Å². The molecule has 2 aliphatic rings. The van der Waals surface area contributed by atoms with Crippen molar-refractivity contribution in [3.8, 4) is 16.9 Å². The van der Waals surface area contributed by atoms with Crippen LogP contribution in [0.1, 0.15) is 47.7 Å². The second kappa shape index (κ2) is 10.4. The van der Waals surface area contributed by atoms with Crippen molar-refractivity contribution < 1.29 is 14.3 Å². The second-order valence-electron chi connectivity index (χ2n) is 9.62. The largest absolute Gasteiger partial charge is 0.482 e. The molecule has 6 rings (SSSR count). The van der Waals surface area contributed by atoms with Crippen LogP contribution in [0.3, 0.4) is 0 Å². The number of fused-ring (bicyclic) bond motifs is 3. The van der Waals surface area contributed by atoms with Crippen molar-refractivity contribution in [2.24, 2.45) is 0 Å². The second-order valence-corrected chi connectivity index (χ2v) is 11.4. The molecule has 7 nitrogen and oxygen atoms in total. The summed E-state index contributed by atoms with van der Waals surface area (Å²) in [7, 11) is 0. The van der Waals surface area contributed by atoms with Gasteiger partial charge in [-0.3, -0.25) is 14.4 Å². The minimum atomic E-state index is -0.196. The van der Waals surface area contributed by atoms with E-state index in [0.717, 1.165) is 30.4 Å². The maximum atomic E-state index is 13.1. The molecule has 0 spiro atoms. The number of Topliss-reactive ketones (excluding diaryl/α,β-unsaturated/α-hetero) is 1. The molecule has 1 amide bonds. The number of rotatable bonds is 7. The van der Waals surface area contributed by atoms with Gasteiger partial charge in [-0.05, 0) is 67.0 Å². The summed E-state index contributed by atoms with van der Waals surface area (Å²) in [5, 5.41) is 3.01. The topological polar surface area (TPSA) is 92.4 Å². The van der Waals surface area contributed by atoms with Gasteiger partial charge in [0, 0.05) is 23.1 Å². The summed E-state index contributed by atoms with van der Waals surface area (Å²) < 4.78 is 5.54. The van der Waals surface area contributed by atoms with E-state index in [0.29, 0.717) is 38.9 Å². The van der Waals surface area contributed by atoms with Gasteiger partial charge in [0.15, 0.2) is 17.5 Å². The molecule has 38 heavy (non-hydrogen) atoms. The molecule has 0 fully saturated rings. The van der Waals surface area contributed by atoms with E-state index < -0.39 is 0 Å². The lowest BCUT2D eigenvalue weighted by molar-refractivity contribution is -0.121. The summed E-state index contributed by atoms with van der Waals surface area (Å²) in [6.07, 6.45) is 5.45. The highest BCUT2D eigenvalue weighted by Gasteiger charge is 2.26. The maximum absolute atomic E-state index is 13.1. The number of hydrogen-bond acceptors (Lipinski definition) is 7. The van der Waals surface area contributed by atoms with Gasteiger partial charge < -0.3 is 14.6 Å². The Bertz CT molecular complexity index is 1620. The van der Waals surface area contributed by atoms with Gasteiger partial charge in [0.1, 0.15) is 10.6 Å². The molecule has 2 aromatic carbocycles. The number of carbonyl (C=O) groups is 2. The lowest BCUT2D eigenvalue weighted by Crippen LogP contribution is -2.39. The summed E-state index contributed by atoms with van der Waals surface area (Å²) in [5.41, 5.74) is 5.66. The quantitative estimate of drug-likeness (QED) is 0.184. The normalized spacial score (nSPS) is 14.8. The smallest absolute Gasteiger partial charge is 0.265 e. The van der Waals surface area contributed by atoms with Crippen molar-refractivity contribution in [3.63, 3.8) is 0 Å². The van der Waals surface area contributed by atoms with Crippen LogP contribution in [0.5, 0.6) is 5.75 Å². The Morgan fingerprint density at radius 1 is 1.13 bits per heavy atom. The minimum absolute atomic E-state index is 0.00849. The number of ether oxygens (including phenoxy) is 1. The number of nitrogens with one attached hydrogen (secondary N) is 1. The number of thiophene rings is 1. The standard InChI is InChI=1S/C29H27N3O4S2/c1-2-11-32-22-13-20(9-10-24(22)36-14-25(32)34)23(33)16-38-29-30-27(35)26-21(15-37-28(26)31-29)19-8-7-17-5-3-4-6-18(17)12-19/h7-10,12-13,15H,2-6,11,14,16H2,1H3,(H,30,31,35). The van der Waals surface area contributed by atoms with E-state index in [1.807, 2.05) is 12.3 Å². The molecule has 4 aromatic rings. The number of aryl methyl sites for hydroxylation is 2. The van der Waals surface area contributed by atoms with E-state index in [9.17, 15) is 14.4 Å². The molecule has 2 aromatic heterocycles. The third-order valence-corrected chi connectivity index (χ3v) is 8.84.